The van der Waals surface area contributed by atoms with Crippen molar-refractivity contribution in [2.75, 3.05) is 6.54 Å². The Morgan fingerprint density at radius 1 is 1.00 bits per heavy atom. The molecule has 0 radical (unpaired) electrons. The maximum Gasteiger partial charge on any atom is 0.251 e. The molecule has 134 valence electrons. The van der Waals surface area contributed by atoms with Crippen LogP contribution in [0.5, 0.6) is 5.75 Å². The van der Waals surface area contributed by atoms with Crippen LogP contribution >= 0.6 is 0 Å². The molecule has 0 bridgehead atoms. The zero-order chi connectivity index (χ0) is 18.5. The molecule has 1 amide bonds. The van der Waals surface area contributed by atoms with Gasteiger partial charge in [-0.15, -0.1) is 0 Å². The molecule has 0 spiro atoms. The van der Waals surface area contributed by atoms with Gasteiger partial charge in [0.1, 0.15) is 5.75 Å². The summed E-state index contributed by atoms with van der Waals surface area (Å²) in [6, 6.07) is 20.7. The number of ether oxygens (including phenoxy) is 1. The van der Waals surface area contributed by atoms with Crippen molar-refractivity contribution in [1.82, 2.24) is 5.32 Å². The van der Waals surface area contributed by atoms with Crippen molar-refractivity contribution in [3.05, 3.63) is 77.9 Å². The van der Waals surface area contributed by atoms with Crippen molar-refractivity contribution < 1.29 is 14.6 Å². The van der Waals surface area contributed by atoms with Crippen LogP contribution in [0.1, 0.15) is 35.9 Å². The number of carbonyl (C=O) groups excluding carboxylic acids is 1. The van der Waals surface area contributed by atoms with Gasteiger partial charge < -0.3 is 15.2 Å². The maximum atomic E-state index is 12.3. The number of carbonyl (C=O) groups is 1. The number of nitrogens with one attached hydrogen (secondary N) is 1. The van der Waals surface area contributed by atoms with Gasteiger partial charge in [0, 0.05) is 12.1 Å². The molecular formula is C22H23NO3. The van der Waals surface area contributed by atoms with Gasteiger partial charge in [0.05, 0.1) is 12.2 Å². The number of aliphatic hydroxyl groups is 1. The lowest BCUT2D eigenvalue weighted by atomic mass is 10.0. The van der Waals surface area contributed by atoms with E-state index >= 15 is 0 Å². The fourth-order valence-electron chi connectivity index (χ4n) is 2.90. The molecular weight excluding hydrogens is 326 g/mol. The highest BCUT2D eigenvalue weighted by atomic mass is 16.5. The van der Waals surface area contributed by atoms with Gasteiger partial charge in [0.25, 0.3) is 5.91 Å². The van der Waals surface area contributed by atoms with E-state index in [0.29, 0.717) is 5.56 Å². The van der Waals surface area contributed by atoms with E-state index < -0.39 is 6.10 Å². The zero-order valence-electron chi connectivity index (χ0n) is 15.0. The van der Waals surface area contributed by atoms with Gasteiger partial charge in [0.2, 0.25) is 0 Å². The molecule has 0 aromatic heterocycles. The van der Waals surface area contributed by atoms with Gasteiger partial charge in [-0.25, -0.2) is 0 Å². The lowest BCUT2D eigenvalue weighted by molar-refractivity contribution is 0.0917. The van der Waals surface area contributed by atoms with Crippen molar-refractivity contribution in [2.24, 2.45) is 0 Å². The van der Waals surface area contributed by atoms with Crippen molar-refractivity contribution >= 4 is 16.7 Å². The highest BCUT2D eigenvalue weighted by Crippen LogP contribution is 2.24. The van der Waals surface area contributed by atoms with Crippen molar-refractivity contribution in [1.29, 1.82) is 0 Å². The van der Waals surface area contributed by atoms with Crippen LogP contribution in [0.15, 0.2) is 66.7 Å². The summed E-state index contributed by atoms with van der Waals surface area (Å²) in [4.78, 5) is 12.3. The van der Waals surface area contributed by atoms with Crippen LogP contribution in [0.25, 0.3) is 10.8 Å². The highest BCUT2D eigenvalue weighted by molar-refractivity contribution is 5.94. The Labute approximate surface area is 153 Å². The minimum absolute atomic E-state index is 0.0884. The van der Waals surface area contributed by atoms with E-state index in [-0.39, 0.29) is 18.6 Å². The maximum absolute atomic E-state index is 12.3. The molecule has 0 aliphatic heterocycles. The van der Waals surface area contributed by atoms with Gasteiger partial charge in [-0.1, -0.05) is 42.5 Å². The number of aliphatic hydroxyl groups excluding tert-OH is 1. The van der Waals surface area contributed by atoms with Gasteiger partial charge >= 0.3 is 0 Å². The number of hydrogen-bond donors (Lipinski definition) is 2. The normalized spacial score (nSPS) is 12.2. The van der Waals surface area contributed by atoms with Crippen LogP contribution in [0.4, 0.5) is 0 Å². The Hall–Kier alpha value is -2.85. The first-order chi connectivity index (χ1) is 12.5. The standard InChI is InChI=1S/C22H23NO3/c1-15(2)26-18-12-10-17(11-13-18)22(25)23-14-21(24)20-9-5-7-16-6-3-4-8-19(16)20/h3-13,15,21,24H,14H2,1-2H3,(H,23,25). The highest BCUT2D eigenvalue weighted by Gasteiger charge is 2.13. The summed E-state index contributed by atoms with van der Waals surface area (Å²) >= 11 is 0. The van der Waals surface area contributed by atoms with E-state index in [4.69, 9.17) is 4.74 Å². The fraction of sp³-hybridized carbons (Fsp3) is 0.227. The Morgan fingerprint density at radius 2 is 1.69 bits per heavy atom. The Kier molecular flexibility index (Phi) is 5.54. The second-order valence-electron chi connectivity index (χ2n) is 6.49. The van der Waals surface area contributed by atoms with Crippen LogP contribution in [-0.4, -0.2) is 23.7 Å². The fourth-order valence-corrected chi connectivity index (χ4v) is 2.90. The number of rotatable bonds is 6. The molecule has 3 aromatic carbocycles. The summed E-state index contributed by atoms with van der Waals surface area (Å²) in [5, 5.41) is 15.4. The van der Waals surface area contributed by atoms with Gasteiger partial charge in [-0.2, -0.15) is 0 Å². The summed E-state index contributed by atoms with van der Waals surface area (Å²) in [5.74, 6) is 0.507. The summed E-state index contributed by atoms with van der Waals surface area (Å²) in [6.07, 6.45) is -0.681. The first kappa shape index (κ1) is 18.0. The second kappa shape index (κ2) is 8.02. The van der Waals surface area contributed by atoms with Crippen LogP contribution in [0.2, 0.25) is 0 Å². The molecule has 4 nitrogen and oxygen atoms in total. The van der Waals surface area contributed by atoms with Crippen LogP contribution in [-0.2, 0) is 0 Å². The van der Waals surface area contributed by atoms with E-state index in [1.165, 1.54) is 0 Å². The quantitative estimate of drug-likeness (QED) is 0.705. The summed E-state index contributed by atoms with van der Waals surface area (Å²) in [6.45, 7) is 4.06. The van der Waals surface area contributed by atoms with E-state index in [9.17, 15) is 9.90 Å². The lowest BCUT2D eigenvalue weighted by Crippen LogP contribution is -2.28. The van der Waals surface area contributed by atoms with E-state index in [1.54, 1.807) is 24.3 Å². The predicted molar refractivity (Wildman–Crippen MR) is 103 cm³/mol. The van der Waals surface area contributed by atoms with Crippen LogP contribution < -0.4 is 10.1 Å². The van der Waals surface area contributed by atoms with Gasteiger partial charge in [-0.05, 0) is 54.4 Å². The number of fused-ring (bicyclic) bond motifs is 1. The average Bonchev–Trinajstić information content (AvgIpc) is 2.65. The summed E-state index contributed by atoms with van der Waals surface area (Å²) in [7, 11) is 0. The Balaban J connectivity index is 1.65. The smallest absolute Gasteiger partial charge is 0.251 e. The molecule has 3 rings (SSSR count). The van der Waals surface area contributed by atoms with Crippen molar-refractivity contribution in [3.8, 4) is 5.75 Å². The zero-order valence-corrected chi connectivity index (χ0v) is 15.0. The molecule has 3 aromatic rings. The third-order valence-corrected chi connectivity index (χ3v) is 4.13. The molecule has 0 fully saturated rings. The molecule has 0 aliphatic carbocycles. The largest absolute Gasteiger partial charge is 0.491 e. The number of benzene rings is 3. The minimum Gasteiger partial charge on any atom is -0.491 e. The Bertz CT molecular complexity index is 882. The first-order valence-corrected chi connectivity index (χ1v) is 8.75. The number of hydrogen-bond acceptors (Lipinski definition) is 3. The van der Waals surface area contributed by atoms with Crippen molar-refractivity contribution in [3.63, 3.8) is 0 Å². The van der Waals surface area contributed by atoms with Gasteiger partial charge in [0.15, 0.2) is 0 Å². The van der Waals surface area contributed by atoms with E-state index in [2.05, 4.69) is 5.32 Å². The first-order valence-electron chi connectivity index (χ1n) is 8.75. The lowest BCUT2D eigenvalue weighted by Gasteiger charge is -2.15. The van der Waals surface area contributed by atoms with Crippen LogP contribution in [0.3, 0.4) is 0 Å². The third kappa shape index (κ3) is 4.21. The summed E-state index contributed by atoms with van der Waals surface area (Å²) in [5.41, 5.74) is 1.34. The Morgan fingerprint density at radius 3 is 2.42 bits per heavy atom. The monoisotopic (exact) mass is 349 g/mol. The SMILES string of the molecule is CC(C)Oc1ccc(C(=O)NCC(O)c2cccc3ccccc23)cc1. The predicted octanol–water partition coefficient (Wildman–Crippen LogP) is 4.09. The molecule has 0 saturated heterocycles. The molecule has 26 heavy (non-hydrogen) atoms. The third-order valence-electron chi connectivity index (χ3n) is 4.13. The molecule has 0 saturated carbocycles. The molecule has 0 heterocycles. The minimum atomic E-state index is -0.770. The topological polar surface area (TPSA) is 58.6 Å². The number of amides is 1. The van der Waals surface area contributed by atoms with Crippen molar-refractivity contribution in [2.45, 2.75) is 26.1 Å². The molecule has 1 atom stereocenters. The molecule has 1 unspecified atom stereocenters. The summed E-state index contributed by atoms with van der Waals surface area (Å²) < 4.78 is 5.57. The van der Waals surface area contributed by atoms with Crippen LogP contribution in [0, 0.1) is 0 Å². The molecule has 0 aliphatic rings. The molecule has 2 N–H and O–H groups in total. The van der Waals surface area contributed by atoms with E-state index in [0.717, 1.165) is 22.1 Å². The van der Waals surface area contributed by atoms with E-state index in [1.807, 2.05) is 56.3 Å². The molecule has 4 heteroatoms. The van der Waals surface area contributed by atoms with Gasteiger partial charge in [-0.3, -0.25) is 4.79 Å². The second-order valence-corrected chi connectivity index (χ2v) is 6.49. The average molecular weight is 349 g/mol.